The third-order valence-corrected chi connectivity index (χ3v) is 6.16. The van der Waals surface area contributed by atoms with Crippen LogP contribution in [0.1, 0.15) is 19.2 Å². The van der Waals surface area contributed by atoms with Crippen LogP contribution in [0, 0.1) is 0 Å². The molecule has 0 aliphatic rings. The first-order valence-corrected chi connectivity index (χ1v) is 10.5. The van der Waals surface area contributed by atoms with E-state index < -0.39 is 10.0 Å². The predicted octanol–water partition coefficient (Wildman–Crippen LogP) is 4.00. The second-order valence-electron chi connectivity index (χ2n) is 6.03. The number of hydrogen-bond acceptors (Lipinski definition) is 6. The Morgan fingerprint density at radius 2 is 1.79 bits per heavy atom. The lowest BCUT2D eigenvalue weighted by molar-refractivity contribution is 0.315. The van der Waals surface area contributed by atoms with Crippen molar-refractivity contribution in [2.24, 2.45) is 0 Å². The fourth-order valence-electron chi connectivity index (χ4n) is 2.62. The van der Waals surface area contributed by atoms with E-state index in [9.17, 15) is 8.42 Å². The molecule has 0 spiro atoms. The molecule has 0 aliphatic carbocycles. The maximum atomic E-state index is 13.0. The minimum Gasteiger partial charge on any atom is -0.497 e. The Bertz CT molecular complexity index is 1020. The average Bonchev–Trinajstić information content (AvgIpc) is 3.17. The van der Waals surface area contributed by atoms with Crippen molar-refractivity contribution < 1.29 is 17.7 Å². The standard InChI is InChI=1S/C19H20ClN3O4S/c1-3-12-23(28(24,25)17-10-8-16(26-2)9-11-17)13-18-21-19(22-27-18)14-4-6-15(20)7-5-14/h4-11H,3,12-13H2,1-2H3. The summed E-state index contributed by atoms with van der Waals surface area (Å²) < 4.78 is 37.7. The summed E-state index contributed by atoms with van der Waals surface area (Å²) in [6.07, 6.45) is 0.646. The summed E-state index contributed by atoms with van der Waals surface area (Å²) in [6, 6.07) is 13.3. The van der Waals surface area contributed by atoms with Crippen LogP contribution in [-0.2, 0) is 16.6 Å². The molecule has 0 radical (unpaired) electrons. The van der Waals surface area contributed by atoms with E-state index in [1.807, 2.05) is 6.92 Å². The molecule has 0 bridgehead atoms. The van der Waals surface area contributed by atoms with Gasteiger partial charge < -0.3 is 9.26 Å². The molecule has 1 heterocycles. The minimum absolute atomic E-state index is 0.0111. The van der Waals surface area contributed by atoms with Gasteiger partial charge in [-0.1, -0.05) is 23.7 Å². The zero-order valence-electron chi connectivity index (χ0n) is 15.5. The number of nitrogens with zero attached hydrogens (tertiary/aromatic N) is 3. The van der Waals surface area contributed by atoms with E-state index in [4.69, 9.17) is 20.9 Å². The molecular formula is C19H20ClN3O4S. The molecule has 3 rings (SSSR count). The Labute approximate surface area is 168 Å². The number of methoxy groups -OCH3 is 1. The Morgan fingerprint density at radius 3 is 2.39 bits per heavy atom. The molecule has 0 saturated carbocycles. The Hall–Kier alpha value is -2.42. The van der Waals surface area contributed by atoms with Crippen LogP contribution in [-0.4, -0.2) is 36.5 Å². The highest BCUT2D eigenvalue weighted by Crippen LogP contribution is 2.23. The molecule has 1 aromatic heterocycles. The largest absolute Gasteiger partial charge is 0.497 e. The molecule has 0 atom stereocenters. The molecule has 28 heavy (non-hydrogen) atoms. The summed E-state index contributed by atoms with van der Waals surface area (Å²) in [5, 5.41) is 4.54. The lowest BCUT2D eigenvalue weighted by atomic mass is 10.2. The molecular weight excluding hydrogens is 402 g/mol. The third kappa shape index (κ3) is 4.52. The van der Waals surface area contributed by atoms with Crippen LogP contribution in [0.3, 0.4) is 0 Å². The summed E-state index contributed by atoms with van der Waals surface area (Å²) in [5.41, 5.74) is 0.736. The van der Waals surface area contributed by atoms with Crippen molar-refractivity contribution in [1.82, 2.24) is 14.4 Å². The maximum Gasteiger partial charge on any atom is 0.243 e. The van der Waals surface area contributed by atoms with E-state index in [1.54, 1.807) is 36.4 Å². The second kappa shape index (κ2) is 8.72. The Kier molecular flexibility index (Phi) is 6.33. The Morgan fingerprint density at radius 1 is 1.11 bits per heavy atom. The number of benzene rings is 2. The lowest BCUT2D eigenvalue weighted by Gasteiger charge is -2.20. The molecule has 148 valence electrons. The first-order chi connectivity index (χ1) is 13.4. The van der Waals surface area contributed by atoms with Gasteiger partial charge in [-0.3, -0.25) is 0 Å². The zero-order chi connectivity index (χ0) is 20.1. The molecule has 0 unspecified atom stereocenters. The van der Waals surface area contributed by atoms with Crippen LogP contribution in [0.5, 0.6) is 5.75 Å². The van der Waals surface area contributed by atoms with Crippen LogP contribution in [0.15, 0.2) is 57.9 Å². The molecule has 0 aliphatic heterocycles. The second-order valence-corrected chi connectivity index (χ2v) is 8.41. The number of sulfonamides is 1. The van der Waals surface area contributed by atoms with Crippen molar-refractivity contribution in [3.05, 3.63) is 59.4 Å². The smallest absolute Gasteiger partial charge is 0.243 e. The quantitative estimate of drug-likeness (QED) is 0.546. The van der Waals surface area contributed by atoms with Crippen molar-refractivity contribution in [1.29, 1.82) is 0 Å². The number of ether oxygens (including phenoxy) is 1. The molecule has 9 heteroatoms. The van der Waals surface area contributed by atoms with E-state index in [2.05, 4.69) is 10.1 Å². The fraction of sp³-hybridized carbons (Fsp3) is 0.263. The van der Waals surface area contributed by atoms with Gasteiger partial charge in [0.15, 0.2) is 0 Å². The van der Waals surface area contributed by atoms with Gasteiger partial charge >= 0.3 is 0 Å². The highest BCUT2D eigenvalue weighted by Gasteiger charge is 2.26. The summed E-state index contributed by atoms with van der Waals surface area (Å²) in [5.74, 6) is 1.19. The van der Waals surface area contributed by atoms with Crippen LogP contribution < -0.4 is 4.74 Å². The summed E-state index contributed by atoms with van der Waals surface area (Å²) in [6.45, 7) is 2.22. The van der Waals surface area contributed by atoms with Crippen LogP contribution >= 0.6 is 11.6 Å². The minimum atomic E-state index is -3.71. The summed E-state index contributed by atoms with van der Waals surface area (Å²) in [4.78, 5) is 4.50. The monoisotopic (exact) mass is 421 g/mol. The van der Waals surface area contributed by atoms with Crippen molar-refractivity contribution in [3.8, 4) is 17.1 Å². The molecule has 3 aromatic rings. The van der Waals surface area contributed by atoms with Crippen molar-refractivity contribution in [3.63, 3.8) is 0 Å². The number of aromatic nitrogens is 2. The van der Waals surface area contributed by atoms with E-state index >= 15 is 0 Å². The first kappa shape index (κ1) is 20.3. The van der Waals surface area contributed by atoms with Gasteiger partial charge in [-0.2, -0.15) is 9.29 Å². The summed E-state index contributed by atoms with van der Waals surface area (Å²) >= 11 is 5.89. The van der Waals surface area contributed by atoms with Crippen LogP contribution in [0.25, 0.3) is 11.4 Å². The van der Waals surface area contributed by atoms with Crippen molar-refractivity contribution in [2.75, 3.05) is 13.7 Å². The maximum absolute atomic E-state index is 13.0. The SMILES string of the molecule is CCCN(Cc1nc(-c2ccc(Cl)cc2)no1)S(=O)(=O)c1ccc(OC)cc1. The lowest BCUT2D eigenvalue weighted by Crippen LogP contribution is -2.31. The third-order valence-electron chi connectivity index (χ3n) is 4.05. The van der Waals surface area contributed by atoms with Gasteiger partial charge in [-0.15, -0.1) is 0 Å². The zero-order valence-corrected chi connectivity index (χ0v) is 17.1. The van der Waals surface area contributed by atoms with E-state index in [0.29, 0.717) is 29.6 Å². The van der Waals surface area contributed by atoms with Gasteiger partial charge in [-0.05, 0) is 55.0 Å². The normalized spacial score (nSPS) is 11.7. The fourth-order valence-corrected chi connectivity index (χ4v) is 4.22. The van der Waals surface area contributed by atoms with Gasteiger partial charge in [0, 0.05) is 17.1 Å². The van der Waals surface area contributed by atoms with Crippen molar-refractivity contribution >= 4 is 21.6 Å². The van der Waals surface area contributed by atoms with Crippen LogP contribution in [0.2, 0.25) is 5.02 Å². The number of hydrogen-bond donors (Lipinski definition) is 0. The predicted molar refractivity (Wildman–Crippen MR) is 106 cm³/mol. The molecule has 0 saturated heterocycles. The molecule has 0 N–H and O–H groups in total. The molecule has 2 aromatic carbocycles. The molecule has 0 amide bonds. The van der Waals surface area contributed by atoms with E-state index in [-0.39, 0.29) is 17.3 Å². The first-order valence-electron chi connectivity index (χ1n) is 8.66. The number of rotatable bonds is 8. The van der Waals surface area contributed by atoms with Crippen molar-refractivity contribution in [2.45, 2.75) is 24.8 Å². The highest BCUT2D eigenvalue weighted by molar-refractivity contribution is 7.89. The molecule has 7 nitrogen and oxygen atoms in total. The van der Waals surface area contributed by atoms with Gasteiger partial charge in [0.1, 0.15) is 5.75 Å². The Balaban J connectivity index is 1.83. The number of halogens is 1. The van der Waals surface area contributed by atoms with Gasteiger partial charge in [0.05, 0.1) is 18.6 Å². The van der Waals surface area contributed by atoms with Gasteiger partial charge in [-0.25, -0.2) is 8.42 Å². The molecule has 0 fully saturated rings. The highest BCUT2D eigenvalue weighted by atomic mass is 35.5. The summed E-state index contributed by atoms with van der Waals surface area (Å²) in [7, 11) is -2.19. The van der Waals surface area contributed by atoms with Gasteiger partial charge in [0.2, 0.25) is 21.7 Å². The van der Waals surface area contributed by atoms with E-state index in [0.717, 1.165) is 5.56 Å². The van der Waals surface area contributed by atoms with Gasteiger partial charge in [0.25, 0.3) is 0 Å². The van der Waals surface area contributed by atoms with Crippen LogP contribution in [0.4, 0.5) is 0 Å². The topological polar surface area (TPSA) is 85.5 Å². The average molecular weight is 422 g/mol. The van der Waals surface area contributed by atoms with E-state index in [1.165, 1.54) is 23.5 Å².